The van der Waals surface area contributed by atoms with Gasteiger partial charge in [-0.3, -0.25) is 4.79 Å². The summed E-state index contributed by atoms with van der Waals surface area (Å²) < 4.78 is 0. The molecule has 3 heterocycles. The van der Waals surface area contributed by atoms with Gasteiger partial charge in [0.1, 0.15) is 17.0 Å². The Balaban J connectivity index is 2.00. The first-order chi connectivity index (χ1) is 9.94. The fourth-order valence-electron chi connectivity index (χ4n) is 3.12. The zero-order valence-corrected chi connectivity index (χ0v) is 13.3. The Morgan fingerprint density at radius 3 is 2.86 bits per heavy atom. The number of fused-ring (bicyclic) bond motifs is 1. The number of aromatic nitrogens is 2. The molecule has 0 amide bonds. The van der Waals surface area contributed by atoms with Gasteiger partial charge in [-0.25, -0.2) is 9.97 Å². The van der Waals surface area contributed by atoms with Crippen LogP contribution in [0.5, 0.6) is 0 Å². The lowest BCUT2D eigenvalue weighted by atomic mass is 9.76. The lowest BCUT2D eigenvalue weighted by Gasteiger charge is -2.29. The van der Waals surface area contributed by atoms with Gasteiger partial charge < -0.3 is 10.0 Å². The third-order valence-corrected chi connectivity index (χ3v) is 5.52. The first-order valence-electron chi connectivity index (χ1n) is 7.13. The summed E-state index contributed by atoms with van der Waals surface area (Å²) >= 11 is 1.64. The van der Waals surface area contributed by atoms with E-state index >= 15 is 0 Å². The summed E-state index contributed by atoms with van der Waals surface area (Å²) in [6.45, 7) is 7.27. The maximum atomic E-state index is 11.8. The van der Waals surface area contributed by atoms with E-state index in [0.717, 1.165) is 22.6 Å². The summed E-state index contributed by atoms with van der Waals surface area (Å²) in [5.41, 5.74) is -0.678. The smallest absolute Gasteiger partial charge is 0.311 e. The molecule has 21 heavy (non-hydrogen) atoms. The molecule has 5 nitrogen and oxygen atoms in total. The van der Waals surface area contributed by atoms with Gasteiger partial charge in [-0.2, -0.15) is 0 Å². The van der Waals surface area contributed by atoms with Crippen LogP contribution in [0, 0.1) is 18.3 Å². The molecular formula is C15H19N3O2S. The van der Waals surface area contributed by atoms with E-state index in [1.807, 2.05) is 13.8 Å². The molecule has 0 radical (unpaired) electrons. The minimum Gasteiger partial charge on any atom is -0.481 e. The van der Waals surface area contributed by atoms with Crippen molar-refractivity contribution < 1.29 is 9.90 Å². The number of thiophene rings is 1. The van der Waals surface area contributed by atoms with Crippen molar-refractivity contribution >= 4 is 33.3 Å². The molecule has 1 atom stereocenters. The highest BCUT2D eigenvalue weighted by Crippen LogP contribution is 2.41. The fraction of sp³-hybridized carbons (Fsp3) is 0.533. The van der Waals surface area contributed by atoms with Crippen molar-refractivity contribution in [1.29, 1.82) is 0 Å². The Bertz CT molecular complexity index is 697. The predicted molar refractivity (Wildman–Crippen MR) is 83.9 cm³/mol. The SMILES string of the molecule is Cc1cc2c(N3CCC(C(=O)O)(C(C)C)C3)ncnc2s1. The minimum atomic E-state index is -0.702. The number of anilines is 1. The Morgan fingerprint density at radius 1 is 1.48 bits per heavy atom. The van der Waals surface area contributed by atoms with Gasteiger partial charge >= 0.3 is 5.97 Å². The third-order valence-electron chi connectivity index (χ3n) is 4.56. The number of carboxylic acid groups (broad SMARTS) is 1. The van der Waals surface area contributed by atoms with Crippen LogP contribution in [0.4, 0.5) is 5.82 Å². The summed E-state index contributed by atoms with van der Waals surface area (Å²) in [5, 5.41) is 10.7. The summed E-state index contributed by atoms with van der Waals surface area (Å²) in [5.74, 6) is 0.265. The standard InChI is InChI=1S/C15H19N3O2S/c1-9(2)15(14(19)20)4-5-18(7-15)12-11-6-10(3)21-13(11)17-8-16-12/h6,8-9H,4-5,7H2,1-3H3,(H,19,20). The van der Waals surface area contributed by atoms with Crippen molar-refractivity contribution in [3.8, 4) is 0 Å². The zero-order chi connectivity index (χ0) is 15.2. The Hall–Kier alpha value is -1.69. The van der Waals surface area contributed by atoms with Gasteiger partial charge in [-0.1, -0.05) is 13.8 Å². The largest absolute Gasteiger partial charge is 0.481 e. The van der Waals surface area contributed by atoms with E-state index in [1.54, 1.807) is 17.7 Å². The molecule has 6 heteroatoms. The second kappa shape index (κ2) is 4.94. The number of aliphatic carboxylic acids is 1. The van der Waals surface area contributed by atoms with Gasteiger partial charge in [0.05, 0.1) is 10.8 Å². The molecule has 2 aromatic rings. The van der Waals surface area contributed by atoms with E-state index in [0.29, 0.717) is 13.0 Å². The number of rotatable bonds is 3. The van der Waals surface area contributed by atoms with Crippen LogP contribution in [-0.4, -0.2) is 34.1 Å². The lowest BCUT2D eigenvalue weighted by molar-refractivity contribution is -0.150. The van der Waals surface area contributed by atoms with E-state index < -0.39 is 11.4 Å². The van der Waals surface area contributed by atoms with Crippen LogP contribution in [-0.2, 0) is 4.79 Å². The van der Waals surface area contributed by atoms with Crippen LogP contribution in [0.2, 0.25) is 0 Å². The molecule has 0 spiro atoms. The van der Waals surface area contributed by atoms with Crippen molar-refractivity contribution in [2.45, 2.75) is 27.2 Å². The van der Waals surface area contributed by atoms with E-state index in [1.165, 1.54) is 4.88 Å². The monoisotopic (exact) mass is 305 g/mol. The molecule has 112 valence electrons. The van der Waals surface area contributed by atoms with Gasteiger partial charge in [0, 0.05) is 18.0 Å². The molecule has 0 aromatic carbocycles. The van der Waals surface area contributed by atoms with Crippen LogP contribution in [0.15, 0.2) is 12.4 Å². The molecule has 1 aliphatic heterocycles. The van der Waals surface area contributed by atoms with E-state index in [2.05, 4.69) is 27.9 Å². The maximum absolute atomic E-state index is 11.8. The molecule has 0 aliphatic carbocycles. The topological polar surface area (TPSA) is 66.3 Å². The van der Waals surface area contributed by atoms with Crippen LogP contribution < -0.4 is 4.90 Å². The summed E-state index contributed by atoms with van der Waals surface area (Å²) in [7, 11) is 0. The summed E-state index contributed by atoms with van der Waals surface area (Å²) in [6, 6.07) is 2.09. The molecule has 3 rings (SSSR count). The molecular weight excluding hydrogens is 286 g/mol. The van der Waals surface area contributed by atoms with Crippen molar-refractivity contribution in [2.24, 2.45) is 11.3 Å². The number of hydrogen-bond acceptors (Lipinski definition) is 5. The first kappa shape index (κ1) is 14.3. The quantitative estimate of drug-likeness (QED) is 0.944. The Kier molecular flexibility index (Phi) is 3.36. The Morgan fingerprint density at radius 2 is 2.24 bits per heavy atom. The van der Waals surface area contributed by atoms with Crippen molar-refractivity contribution in [1.82, 2.24) is 9.97 Å². The van der Waals surface area contributed by atoms with Crippen LogP contribution in [0.3, 0.4) is 0 Å². The average molecular weight is 305 g/mol. The van der Waals surface area contributed by atoms with E-state index in [4.69, 9.17) is 0 Å². The van der Waals surface area contributed by atoms with Crippen molar-refractivity contribution in [2.75, 3.05) is 18.0 Å². The number of aryl methyl sites for hydroxylation is 1. The molecule has 1 N–H and O–H groups in total. The van der Waals surface area contributed by atoms with Gasteiger partial charge in [0.25, 0.3) is 0 Å². The molecule has 0 bridgehead atoms. The first-order valence-corrected chi connectivity index (χ1v) is 7.95. The third kappa shape index (κ3) is 2.18. The second-order valence-corrected chi connectivity index (χ2v) is 7.30. The molecule has 2 aromatic heterocycles. The molecule has 1 unspecified atom stereocenters. The van der Waals surface area contributed by atoms with E-state index in [9.17, 15) is 9.90 Å². The van der Waals surface area contributed by atoms with Gasteiger partial charge in [0.15, 0.2) is 0 Å². The van der Waals surface area contributed by atoms with Gasteiger partial charge in [0.2, 0.25) is 0 Å². The molecule has 0 saturated carbocycles. The number of nitrogens with zero attached hydrogens (tertiary/aromatic N) is 3. The normalized spacial score (nSPS) is 22.4. The van der Waals surface area contributed by atoms with Crippen LogP contribution in [0.25, 0.3) is 10.2 Å². The van der Waals surface area contributed by atoms with Crippen molar-refractivity contribution in [3.05, 3.63) is 17.3 Å². The summed E-state index contributed by atoms with van der Waals surface area (Å²) in [6.07, 6.45) is 2.23. The van der Waals surface area contributed by atoms with E-state index in [-0.39, 0.29) is 5.92 Å². The highest BCUT2D eigenvalue weighted by molar-refractivity contribution is 7.18. The number of hydrogen-bond donors (Lipinski definition) is 1. The minimum absolute atomic E-state index is 0.0986. The molecule has 1 saturated heterocycles. The summed E-state index contributed by atoms with van der Waals surface area (Å²) in [4.78, 5) is 24.7. The highest BCUT2D eigenvalue weighted by atomic mass is 32.1. The fourth-order valence-corrected chi connectivity index (χ4v) is 3.96. The molecule has 1 aliphatic rings. The molecule has 1 fully saturated rings. The lowest BCUT2D eigenvalue weighted by Crippen LogP contribution is -2.39. The predicted octanol–water partition coefficient (Wildman–Crippen LogP) is 2.94. The number of carbonyl (C=O) groups is 1. The van der Waals surface area contributed by atoms with Crippen molar-refractivity contribution in [3.63, 3.8) is 0 Å². The van der Waals surface area contributed by atoms with Crippen LogP contribution >= 0.6 is 11.3 Å². The zero-order valence-electron chi connectivity index (χ0n) is 12.5. The maximum Gasteiger partial charge on any atom is 0.311 e. The average Bonchev–Trinajstić information content (AvgIpc) is 3.00. The second-order valence-electron chi connectivity index (χ2n) is 6.06. The Labute approximate surface area is 127 Å². The van der Waals surface area contributed by atoms with Gasteiger partial charge in [-0.15, -0.1) is 11.3 Å². The highest BCUT2D eigenvalue weighted by Gasteiger charge is 2.47. The number of carboxylic acids is 1. The van der Waals surface area contributed by atoms with Gasteiger partial charge in [-0.05, 0) is 25.3 Å². The van der Waals surface area contributed by atoms with Crippen LogP contribution in [0.1, 0.15) is 25.1 Å².